The third-order valence-corrected chi connectivity index (χ3v) is 3.47. The second-order valence-corrected chi connectivity index (χ2v) is 5.23. The van der Waals surface area contributed by atoms with E-state index in [1.54, 1.807) is 6.20 Å². The number of anilines is 1. The molecule has 2 heterocycles. The highest BCUT2D eigenvalue weighted by atomic mass is 32.1. The van der Waals surface area contributed by atoms with Crippen molar-refractivity contribution in [1.82, 2.24) is 19.7 Å². The minimum atomic E-state index is -0.343. The largest absolute Gasteiger partial charge is 0.303 e. The maximum absolute atomic E-state index is 11.9. The van der Waals surface area contributed by atoms with Crippen molar-refractivity contribution in [2.45, 2.75) is 6.54 Å². The molecule has 2 aromatic heterocycles. The zero-order chi connectivity index (χ0) is 15.4. The van der Waals surface area contributed by atoms with Crippen LogP contribution >= 0.6 is 11.3 Å². The van der Waals surface area contributed by atoms with E-state index < -0.39 is 0 Å². The van der Waals surface area contributed by atoms with Crippen LogP contribution in [-0.2, 0) is 11.3 Å². The summed E-state index contributed by atoms with van der Waals surface area (Å²) in [4.78, 5) is 27.9. The number of carbonyl (C=O) groups is 1. The van der Waals surface area contributed by atoms with Crippen molar-refractivity contribution in [1.29, 1.82) is 0 Å². The summed E-state index contributed by atoms with van der Waals surface area (Å²) in [7, 11) is 0. The Hall–Kier alpha value is -2.87. The Labute approximate surface area is 129 Å². The van der Waals surface area contributed by atoms with Crippen molar-refractivity contribution in [2.24, 2.45) is 0 Å². The number of benzene rings is 1. The third kappa shape index (κ3) is 3.23. The number of aromatic nitrogens is 4. The minimum Gasteiger partial charge on any atom is -0.303 e. The molecule has 0 atom stereocenters. The van der Waals surface area contributed by atoms with E-state index in [1.165, 1.54) is 27.6 Å². The van der Waals surface area contributed by atoms with E-state index in [9.17, 15) is 9.59 Å². The summed E-state index contributed by atoms with van der Waals surface area (Å²) in [6, 6.07) is 9.44. The molecule has 0 fully saturated rings. The molecule has 3 rings (SSSR count). The number of nitrogens with zero attached hydrogens (tertiary/aromatic N) is 4. The van der Waals surface area contributed by atoms with E-state index in [-0.39, 0.29) is 18.0 Å². The first-order valence-corrected chi connectivity index (χ1v) is 7.28. The number of amides is 1. The zero-order valence-corrected chi connectivity index (χ0v) is 12.2. The van der Waals surface area contributed by atoms with Crippen LogP contribution in [0, 0.1) is 0 Å². The molecule has 1 N–H and O–H groups in total. The van der Waals surface area contributed by atoms with Crippen molar-refractivity contribution in [3.05, 3.63) is 58.6 Å². The highest BCUT2D eigenvalue weighted by molar-refractivity contribution is 7.13. The monoisotopic (exact) mass is 313 g/mol. The SMILES string of the molecule is O=C(Cn1cc(-c2ccccc2)ncc1=O)Nc1nncs1. The summed E-state index contributed by atoms with van der Waals surface area (Å²) in [5.74, 6) is -0.343. The first kappa shape index (κ1) is 14.1. The number of rotatable bonds is 4. The van der Waals surface area contributed by atoms with E-state index in [2.05, 4.69) is 20.5 Å². The third-order valence-electron chi connectivity index (χ3n) is 2.87. The van der Waals surface area contributed by atoms with Crippen LogP contribution in [0.4, 0.5) is 5.13 Å². The highest BCUT2D eigenvalue weighted by Crippen LogP contribution is 2.14. The first-order valence-electron chi connectivity index (χ1n) is 6.40. The van der Waals surface area contributed by atoms with E-state index in [1.807, 2.05) is 30.3 Å². The molecule has 0 aliphatic heterocycles. The normalized spacial score (nSPS) is 10.4. The molecule has 0 spiro atoms. The van der Waals surface area contributed by atoms with Crippen LogP contribution in [-0.4, -0.2) is 25.7 Å². The van der Waals surface area contributed by atoms with Gasteiger partial charge in [0.15, 0.2) is 0 Å². The lowest BCUT2D eigenvalue weighted by atomic mass is 10.2. The molecule has 1 aromatic carbocycles. The molecule has 0 aliphatic rings. The van der Waals surface area contributed by atoms with E-state index in [4.69, 9.17) is 0 Å². The zero-order valence-electron chi connectivity index (χ0n) is 11.3. The molecule has 0 saturated heterocycles. The fraction of sp³-hybridized carbons (Fsp3) is 0.0714. The van der Waals surface area contributed by atoms with Crippen LogP contribution in [0.1, 0.15) is 0 Å². The van der Waals surface area contributed by atoms with Gasteiger partial charge in [-0.15, -0.1) is 10.2 Å². The highest BCUT2D eigenvalue weighted by Gasteiger charge is 2.09. The number of hydrogen-bond acceptors (Lipinski definition) is 6. The van der Waals surface area contributed by atoms with Gasteiger partial charge in [-0.3, -0.25) is 14.9 Å². The Balaban J connectivity index is 1.81. The minimum absolute atomic E-state index is 0.110. The van der Waals surface area contributed by atoms with Crippen molar-refractivity contribution < 1.29 is 4.79 Å². The first-order chi connectivity index (χ1) is 10.7. The number of hydrogen-bond donors (Lipinski definition) is 1. The van der Waals surface area contributed by atoms with Crippen LogP contribution in [0.25, 0.3) is 11.3 Å². The average Bonchev–Trinajstić information content (AvgIpc) is 3.03. The van der Waals surface area contributed by atoms with Crippen molar-refractivity contribution >= 4 is 22.4 Å². The molecule has 0 aliphatic carbocycles. The summed E-state index contributed by atoms with van der Waals surface area (Å²) in [6.07, 6.45) is 2.78. The number of carbonyl (C=O) groups excluding carboxylic acids is 1. The fourth-order valence-electron chi connectivity index (χ4n) is 1.87. The van der Waals surface area contributed by atoms with E-state index in [0.717, 1.165) is 5.56 Å². The smallest absolute Gasteiger partial charge is 0.269 e. The quantitative estimate of drug-likeness (QED) is 0.786. The van der Waals surface area contributed by atoms with Gasteiger partial charge >= 0.3 is 0 Å². The van der Waals surface area contributed by atoms with Crippen molar-refractivity contribution in [3.63, 3.8) is 0 Å². The molecular weight excluding hydrogens is 302 g/mol. The van der Waals surface area contributed by atoms with Gasteiger partial charge in [0, 0.05) is 11.8 Å². The molecule has 110 valence electrons. The average molecular weight is 313 g/mol. The van der Waals surface area contributed by atoms with Crippen LogP contribution in [0.5, 0.6) is 0 Å². The molecular formula is C14H11N5O2S. The Morgan fingerprint density at radius 1 is 1.27 bits per heavy atom. The van der Waals surface area contributed by atoms with Gasteiger partial charge in [0.2, 0.25) is 11.0 Å². The number of nitrogens with one attached hydrogen (secondary N) is 1. The van der Waals surface area contributed by atoms with Gasteiger partial charge in [0.1, 0.15) is 12.1 Å². The van der Waals surface area contributed by atoms with Crippen LogP contribution in [0.3, 0.4) is 0 Å². The lowest BCUT2D eigenvalue weighted by Gasteiger charge is -2.07. The second kappa shape index (κ2) is 6.27. The Morgan fingerprint density at radius 3 is 2.82 bits per heavy atom. The van der Waals surface area contributed by atoms with Crippen LogP contribution in [0.2, 0.25) is 0 Å². The molecule has 3 aromatic rings. The molecule has 22 heavy (non-hydrogen) atoms. The Morgan fingerprint density at radius 2 is 2.09 bits per heavy atom. The van der Waals surface area contributed by atoms with Gasteiger partial charge in [0.05, 0.1) is 11.9 Å². The predicted molar refractivity (Wildman–Crippen MR) is 82.5 cm³/mol. The van der Waals surface area contributed by atoms with Gasteiger partial charge in [-0.05, 0) is 0 Å². The Bertz CT molecular complexity index is 830. The van der Waals surface area contributed by atoms with Gasteiger partial charge in [-0.1, -0.05) is 41.7 Å². The molecule has 0 saturated carbocycles. The van der Waals surface area contributed by atoms with Gasteiger partial charge in [-0.2, -0.15) is 0 Å². The molecule has 1 amide bonds. The fourth-order valence-corrected chi connectivity index (χ4v) is 2.33. The maximum atomic E-state index is 11.9. The van der Waals surface area contributed by atoms with Gasteiger partial charge in [-0.25, -0.2) is 4.98 Å². The van der Waals surface area contributed by atoms with Gasteiger partial charge < -0.3 is 4.57 Å². The lowest BCUT2D eigenvalue weighted by Crippen LogP contribution is -2.27. The topological polar surface area (TPSA) is 89.8 Å². The maximum Gasteiger partial charge on any atom is 0.269 e. The van der Waals surface area contributed by atoms with E-state index >= 15 is 0 Å². The summed E-state index contributed by atoms with van der Waals surface area (Å²) in [5, 5.41) is 10.3. The van der Waals surface area contributed by atoms with Gasteiger partial charge in [0.25, 0.3) is 5.56 Å². The van der Waals surface area contributed by atoms with E-state index in [0.29, 0.717) is 10.8 Å². The molecule has 7 nitrogen and oxygen atoms in total. The molecule has 8 heteroatoms. The molecule has 0 bridgehead atoms. The predicted octanol–water partition coefficient (Wildman–Crippen LogP) is 1.40. The summed E-state index contributed by atoms with van der Waals surface area (Å²) in [6.45, 7) is -0.110. The van der Waals surface area contributed by atoms with Crippen molar-refractivity contribution in [3.8, 4) is 11.3 Å². The standard InChI is InChI=1S/C14H11N5O2S/c20-12(17-14-18-16-9-22-14)8-19-7-11(15-6-13(19)21)10-4-2-1-3-5-10/h1-7,9H,8H2,(H,17,18,20). The summed E-state index contributed by atoms with van der Waals surface area (Å²) in [5.41, 5.74) is 2.68. The summed E-state index contributed by atoms with van der Waals surface area (Å²) >= 11 is 1.21. The Kier molecular flexibility index (Phi) is 4.01. The van der Waals surface area contributed by atoms with Crippen molar-refractivity contribution in [2.75, 3.05) is 5.32 Å². The summed E-state index contributed by atoms with van der Waals surface area (Å²) < 4.78 is 1.31. The molecule has 0 radical (unpaired) electrons. The molecule has 0 unspecified atom stereocenters. The van der Waals surface area contributed by atoms with Crippen LogP contribution < -0.4 is 10.9 Å². The lowest BCUT2D eigenvalue weighted by molar-refractivity contribution is -0.116. The van der Waals surface area contributed by atoms with Crippen LogP contribution in [0.15, 0.2) is 53.0 Å². The second-order valence-electron chi connectivity index (χ2n) is 4.40.